The fourth-order valence-corrected chi connectivity index (χ4v) is 2.50. The Labute approximate surface area is 131 Å². The summed E-state index contributed by atoms with van der Waals surface area (Å²) in [5, 5.41) is 3.00. The third-order valence-corrected chi connectivity index (χ3v) is 4.08. The average Bonchev–Trinajstić information content (AvgIpc) is 3.25. The monoisotopic (exact) mass is 295 g/mol. The van der Waals surface area contributed by atoms with Crippen molar-refractivity contribution in [2.75, 3.05) is 5.32 Å². The molecule has 0 heterocycles. The molecule has 0 radical (unpaired) electrons. The van der Waals surface area contributed by atoms with Gasteiger partial charge in [0.05, 0.1) is 5.69 Å². The van der Waals surface area contributed by atoms with Crippen molar-refractivity contribution in [1.29, 1.82) is 0 Å². The number of amides is 1. The first-order valence-corrected chi connectivity index (χ1v) is 7.72. The molecule has 0 unspecified atom stereocenters. The van der Waals surface area contributed by atoms with Crippen molar-refractivity contribution < 1.29 is 9.53 Å². The zero-order chi connectivity index (χ0) is 15.5. The van der Waals surface area contributed by atoms with Gasteiger partial charge in [-0.05, 0) is 42.5 Å². The van der Waals surface area contributed by atoms with Crippen molar-refractivity contribution in [3.63, 3.8) is 0 Å². The molecule has 0 spiro atoms. The molecule has 3 heteroatoms. The third kappa shape index (κ3) is 3.48. The van der Waals surface area contributed by atoms with Crippen LogP contribution in [0.25, 0.3) is 0 Å². The Bertz CT molecular complexity index is 666. The van der Waals surface area contributed by atoms with Crippen LogP contribution >= 0.6 is 0 Å². The van der Waals surface area contributed by atoms with Crippen LogP contribution < -0.4 is 10.1 Å². The van der Waals surface area contributed by atoms with Crippen molar-refractivity contribution in [2.45, 2.75) is 26.9 Å². The third-order valence-electron chi connectivity index (χ3n) is 4.08. The largest absolute Gasteiger partial charge is 0.487 e. The van der Waals surface area contributed by atoms with Gasteiger partial charge in [-0.25, -0.2) is 0 Å². The van der Waals surface area contributed by atoms with E-state index in [9.17, 15) is 4.79 Å². The van der Waals surface area contributed by atoms with Crippen molar-refractivity contribution in [2.24, 2.45) is 11.8 Å². The predicted octanol–water partition coefficient (Wildman–Crippen LogP) is 4.17. The summed E-state index contributed by atoms with van der Waals surface area (Å²) >= 11 is 0. The van der Waals surface area contributed by atoms with E-state index in [0.29, 0.717) is 12.5 Å². The maximum atomic E-state index is 12.1. The zero-order valence-electron chi connectivity index (χ0n) is 13.0. The summed E-state index contributed by atoms with van der Waals surface area (Å²) in [6, 6.07) is 15.9. The van der Waals surface area contributed by atoms with Gasteiger partial charge in [-0.3, -0.25) is 4.79 Å². The molecule has 0 saturated heterocycles. The molecule has 0 bridgehead atoms. The van der Waals surface area contributed by atoms with E-state index >= 15 is 0 Å². The fraction of sp³-hybridized carbons (Fsp3) is 0.316. The van der Waals surface area contributed by atoms with Crippen molar-refractivity contribution in [3.8, 4) is 5.75 Å². The lowest BCUT2D eigenvalue weighted by molar-refractivity contribution is -0.117. The first-order valence-electron chi connectivity index (χ1n) is 7.72. The maximum Gasteiger partial charge on any atom is 0.227 e. The normalized spacial score (nSPS) is 19.5. The summed E-state index contributed by atoms with van der Waals surface area (Å²) in [6.07, 6.45) is 0.984. The van der Waals surface area contributed by atoms with Crippen molar-refractivity contribution in [3.05, 3.63) is 59.7 Å². The van der Waals surface area contributed by atoms with Crippen LogP contribution in [-0.4, -0.2) is 5.91 Å². The van der Waals surface area contributed by atoms with E-state index in [1.54, 1.807) is 0 Å². The van der Waals surface area contributed by atoms with Gasteiger partial charge in [0.15, 0.2) is 0 Å². The Balaban J connectivity index is 1.71. The first kappa shape index (κ1) is 14.6. The summed E-state index contributed by atoms with van der Waals surface area (Å²) in [6.45, 7) is 4.61. The number of nitrogens with one attached hydrogen (secondary N) is 1. The molecule has 22 heavy (non-hydrogen) atoms. The van der Waals surface area contributed by atoms with Gasteiger partial charge in [0.2, 0.25) is 5.91 Å². The highest BCUT2D eigenvalue weighted by molar-refractivity contribution is 5.95. The smallest absolute Gasteiger partial charge is 0.227 e. The van der Waals surface area contributed by atoms with Crippen LogP contribution in [0.1, 0.15) is 24.5 Å². The molecule has 1 aliphatic carbocycles. The summed E-state index contributed by atoms with van der Waals surface area (Å²) in [5.74, 6) is 1.48. The number of anilines is 1. The van der Waals surface area contributed by atoms with E-state index in [4.69, 9.17) is 4.74 Å². The van der Waals surface area contributed by atoms with Gasteiger partial charge in [0.1, 0.15) is 12.4 Å². The molecule has 2 atom stereocenters. The lowest BCUT2D eigenvalue weighted by atomic mass is 10.2. The Hall–Kier alpha value is -2.29. The molecule has 0 aliphatic heterocycles. The highest BCUT2D eigenvalue weighted by Crippen LogP contribution is 2.39. The Morgan fingerprint density at radius 3 is 2.64 bits per heavy atom. The van der Waals surface area contributed by atoms with Gasteiger partial charge in [-0.1, -0.05) is 43.3 Å². The van der Waals surface area contributed by atoms with Crippen LogP contribution in [0.5, 0.6) is 5.75 Å². The molecule has 0 aromatic heterocycles. The van der Waals surface area contributed by atoms with E-state index < -0.39 is 0 Å². The molecule has 1 fully saturated rings. The molecule has 1 amide bonds. The summed E-state index contributed by atoms with van der Waals surface area (Å²) in [4.78, 5) is 12.1. The molecule has 1 aliphatic rings. The van der Waals surface area contributed by atoms with Gasteiger partial charge in [0.25, 0.3) is 0 Å². The second-order valence-electron chi connectivity index (χ2n) is 6.08. The average molecular weight is 295 g/mol. The number of ether oxygens (including phenoxy) is 1. The number of carbonyl (C=O) groups excluding carboxylic acids is 1. The van der Waals surface area contributed by atoms with Crippen LogP contribution in [0.15, 0.2) is 48.5 Å². The molecule has 114 valence electrons. The lowest BCUT2D eigenvalue weighted by Gasteiger charge is -2.13. The summed E-state index contributed by atoms with van der Waals surface area (Å²) in [5.41, 5.74) is 2.98. The lowest BCUT2D eigenvalue weighted by Crippen LogP contribution is -2.15. The van der Waals surface area contributed by atoms with Crippen LogP contribution in [0.2, 0.25) is 0 Å². The minimum Gasteiger partial charge on any atom is -0.487 e. The standard InChI is InChI=1S/C19H21NO2/c1-13-8-9-17(20-19(21)16-11-14(16)2)18(10-13)22-12-15-6-4-3-5-7-15/h3-10,14,16H,11-12H2,1-2H3,(H,20,21)/t14-,16-/m1/s1. The van der Waals surface area contributed by atoms with E-state index in [-0.39, 0.29) is 11.8 Å². The number of aryl methyl sites for hydroxylation is 1. The van der Waals surface area contributed by atoms with Crippen LogP contribution in [0.4, 0.5) is 5.69 Å². The molecule has 3 nitrogen and oxygen atoms in total. The topological polar surface area (TPSA) is 38.3 Å². The molecule has 2 aromatic carbocycles. The van der Waals surface area contributed by atoms with Crippen molar-refractivity contribution in [1.82, 2.24) is 0 Å². The van der Waals surface area contributed by atoms with Gasteiger partial charge in [-0.15, -0.1) is 0 Å². The Morgan fingerprint density at radius 2 is 1.95 bits per heavy atom. The van der Waals surface area contributed by atoms with Crippen LogP contribution in [0.3, 0.4) is 0 Å². The molecular formula is C19H21NO2. The fourth-order valence-electron chi connectivity index (χ4n) is 2.50. The summed E-state index contributed by atoms with van der Waals surface area (Å²) < 4.78 is 5.92. The highest BCUT2D eigenvalue weighted by Gasteiger charge is 2.39. The maximum absolute atomic E-state index is 12.1. The van der Waals surface area contributed by atoms with E-state index in [1.165, 1.54) is 0 Å². The Morgan fingerprint density at radius 1 is 1.23 bits per heavy atom. The van der Waals surface area contributed by atoms with Gasteiger partial charge >= 0.3 is 0 Å². The van der Waals surface area contributed by atoms with Gasteiger partial charge in [-0.2, -0.15) is 0 Å². The molecular weight excluding hydrogens is 274 g/mol. The zero-order valence-corrected chi connectivity index (χ0v) is 13.0. The number of carbonyl (C=O) groups is 1. The quantitative estimate of drug-likeness (QED) is 0.899. The van der Waals surface area contributed by atoms with E-state index in [1.807, 2.05) is 55.5 Å². The number of benzene rings is 2. The number of hydrogen-bond acceptors (Lipinski definition) is 2. The van der Waals surface area contributed by atoms with Gasteiger partial charge in [0, 0.05) is 5.92 Å². The molecule has 3 rings (SSSR count). The second kappa shape index (κ2) is 6.22. The molecule has 1 N–H and O–H groups in total. The SMILES string of the molecule is Cc1ccc(NC(=O)[C@@H]2C[C@H]2C)c(OCc2ccccc2)c1. The first-order chi connectivity index (χ1) is 10.6. The summed E-state index contributed by atoms with van der Waals surface area (Å²) in [7, 11) is 0. The van der Waals surface area contributed by atoms with E-state index in [0.717, 1.165) is 29.0 Å². The number of rotatable bonds is 5. The number of hydrogen-bond donors (Lipinski definition) is 1. The Kier molecular flexibility index (Phi) is 4.14. The molecule has 2 aromatic rings. The van der Waals surface area contributed by atoms with E-state index in [2.05, 4.69) is 12.2 Å². The van der Waals surface area contributed by atoms with Crippen molar-refractivity contribution >= 4 is 11.6 Å². The van der Waals surface area contributed by atoms with Crippen LogP contribution in [-0.2, 0) is 11.4 Å². The van der Waals surface area contributed by atoms with Gasteiger partial charge < -0.3 is 10.1 Å². The minimum absolute atomic E-state index is 0.0981. The second-order valence-corrected chi connectivity index (χ2v) is 6.08. The van der Waals surface area contributed by atoms with Crippen LogP contribution in [0, 0.1) is 18.8 Å². The minimum atomic E-state index is 0.0981. The predicted molar refractivity (Wildman–Crippen MR) is 87.9 cm³/mol. The molecule has 1 saturated carbocycles. The highest BCUT2D eigenvalue weighted by atomic mass is 16.5.